The number of carbonyl (C=O) groups is 1. The van der Waals surface area contributed by atoms with Crippen LogP contribution in [0.3, 0.4) is 0 Å². The molecule has 3 aromatic rings. The van der Waals surface area contributed by atoms with E-state index in [1.807, 2.05) is 25.1 Å². The summed E-state index contributed by atoms with van der Waals surface area (Å²) in [6, 6.07) is 12.2. The number of hydrogen-bond acceptors (Lipinski definition) is 5. The molecule has 0 aliphatic heterocycles. The number of benzene rings is 2. The van der Waals surface area contributed by atoms with Crippen molar-refractivity contribution in [3.05, 3.63) is 59.4 Å². The van der Waals surface area contributed by atoms with Crippen LogP contribution in [0.25, 0.3) is 11.0 Å². The number of fused-ring (bicyclic) bond motifs is 1. The van der Waals surface area contributed by atoms with Gasteiger partial charge in [-0.3, -0.25) is 4.79 Å². The molecule has 2 aromatic carbocycles. The topological polar surface area (TPSA) is 84.1 Å². The van der Waals surface area contributed by atoms with Crippen molar-refractivity contribution >= 4 is 23.1 Å². The molecule has 0 saturated carbocycles. The first-order chi connectivity index (χ1) is 11.6. The molecule has 24 heavy (non-hydrogen) atoms. The third-order valence-corrected chi connectivity index (χ3v) is 3.65. The lowest BCUT2D eigenvalue weighted by Crippen LogP contribution is -2.17. The van der Waals surface area contributed by atoms with Gasteiger partial charge in [-0.15, -0.1) is 0 Å². The number of para-hydroxylation sites is 1. The number of rotatable bonds is 4. The number of aryl methyl sites for hydroxylation is 1. The van der Waals surface area contributed by atoms with Gasteiger partial charge in [0.1, 0.15) is 17.1 Å². The minimum absolute atomic E-state index is 0.0358. The molecule has 1 amide bonds. The number of ether oxygens (including phenoxy) is 1. The van der Waals surface area contributed by atoms with Gasteiger partial charge in [0.25, 0.3) is 0 Å². The molecule has 0 saturated heterocycles. The molecule has 0 spiro atoms. The number of nitrogens with zero attached hydrogens (tertiary/aromatic N) is 1. The maximum Gasteiger partial charge on any atom is 0.307 e. The zero-order valence-electron chi connectivity index (χ0n) is 13.2. The lowest BCUT2D eigenvalue weighted by molar-refractivity contribution is 0.0929. The molecular formula is C18H16N2O4. The Balaban J connectivity index is 1.78. The molecule has 0 aliphatic rings. The number of amides is 1. The van der Waals surface area contributed by atoms with E-state index >= 15 is 0 Å². The maximum absolute atomic E-state index is 12.2. The molecule has 1 heterocycles. The summed E-state index contributed by atoms with van der Waals surface area (Å²) < 4.78 is 10.6. The summed E-state index contributed by atoms with van der Waals surface area (Å²) in [6.07, 6.45) is 1.34. The van der Waals surface area contributed by atoms with Crippen LogP contribution in [0.1, 0.15) is 21.7 Å². The van der Waals surface area contributed by atoms with E-state index in [-0.39, 0.29) is 11.5 Å². The molecule has 0 radical (unpaired) electrons. The van der Waals surface area contributed by atoms with E-state index in [2.05, 4.69) is 10.5 Å². The first-order valence-corrected chi connectivity index (χ1v) is 7.28. The standard InChI is InChI=1S/C18H16N2O4/c1-11-14-5-3-4-6-16(14)24-17(11)18(22)20-19-10-12-9-13(23-2)7-8-15(12)21/h3-10,21H,1-2H3,(H,20,22)/b19-10+. The van der Waals surface area contributed by atoms with Gasteiger partial charge in [-0.2, -0.15) is 5.10 Å². The van der Waals surface area contributed by atoms with E-state index in [1.54, 1.807) is 18.2 Å². The molecule has 0 atom stereocenters. The van der Waals surface area contributed by atoms with Crippen LogP contribution in [0.5, 0.6) is 11.5 Å². The summed E-state index contributed by atoms with van der Waals surface area (Å²) >= 11 is 0. The Morgan fingerprint density at radius 3 is 2.83 bits per heavy atom. The summed E-state index contributed by atoms with van der Waals surface area (Å²) in [5.74, 6) is 0.368. The highest BCUT2D eigenvalue weighted by molar-refractivity contribution is 5.99. The van der Waals surface area contributed by atoms with Crippen molar-refractivity contribution in [2.75, 3.05) is 7.11 Å². The second kappa shape index (κ2) is 6.45. The van der Waals surface area contributed by atoms with Crippen LogP contribution in [0.15, 0.2) is 52.0 Å². The highest BCUT2D eigenvalue weighted by Crippen LogP contribution is 2.25. The van der Waals surface area contributed by atoms with E-state index in [9.17, 15) is 9.90 Å². The van der Waals surface area contributed by atoms with Crippen molar-refractivity contribution in [2.24, 2.45) is 5.10 Å². The highest BCUT2D eigenvalue weighted by atomic mass is 16.5. The van der Waals surface area contributed by atoms with Gasteiger partial charge in [-0.05, 0) is 31.2 Å². The number of phenols is 1. The number of hydrogen-bond donors (Lipinski definition) is 2. The van der Waals surface area contributed by atoms with Gasteiger partial charge in [0, 0.05) is 16.5 Å². The lowest BCUT2D eigenvalue weighted by Gasteiger charge is -2.03. The highest BCUT2D eigenvalue weighted by Gasteiger charge is 2.16. The summed E-state index contributed by atoms with van der Waals surface area (Å²) in [5.41, 5.74) is 4.23. The number of aromatic hydroxyl groups is 1. The minimum Gasteiger partial charge on any atom is -0.507 e. The number of phenolic OH excluding ortho intramolecular Hbond substituents is 1. The van der Waals surface area contributed by atoms with E-state index in [1.165, 1.54) is 19.4 Å². The number of methoxy groups -OCH3 is 1. The Morgan fingerprint density at radius 2 is 2.08 bits per heavy atom. The van der Waals surface area contributed by atoms with Crippen molar-refractivity contribution in [3.63, 3.8) is 0 Å². The summed E-state index contributed by atoms with van der Waals surface area (Å²) in [5, 5.41) is 14.5. The van der Waals surface area contributed by atoms with Crippen molar-refractivity contribution in [2.45, 2.75) is 6.92 Å². The van der Waals surface area contributed by atoms with Crippen LogP contribution in [-0.2, 0) is 0 Å². The first-order valence-electron chi connectivity index (χ1n) is 7.28. The molecule has 6 heteroatoms. The fourth-order valence-corrected chi connectivity index (χ4v) is 2.37. The second-order valence-corrected chi connectivity index (χ2v) is 5.18. The smallest absolute Gasteiger partial charge is 0.307 e. The average molecular weight is 324 g/mol. The van der Waals surface area contributed by atoms with Crippen LogP contribution in [0.4, 0.5) is 0 Å². The molecule has 0 aliphatic carbocycles. The van der Waals surface area contributed by atoms with E-state index in [0.717, 1.165) is 10.9 Å². The van der Waals surface area contributed by atoms with E-state index < -0.39 is 5.91 Å². The minimum atomic E-state index is -0.456. The third kappa shape index (κ3) is 2.94. The normalized spacial score (nSPS) is 11.1. The Kier molecular flexibility index (Phi) is 4.20. The molecular weight excluding hydrogens is 308 g/mol. The number of nitrogens with one attached hydrogen (secondary N) is 1. The summed E-state index contributed by atoms with van der Waals surface area (Å²) in [4.78, 5) is 12.2. The average Bonchev–Trinajstić information content (AvgIpc) is 2.94. The SMILES string of the molecule is COc1ccc(O)c(/C=N/NC(=O)c2oc3ccccc3c2C)c1. The zero-order valence-corrected chi connectivity index (χ0v) is 13.2. The Bertz CT molecular complexity index is 928. The van der Waals surface area contributed by atoms with Crippen LogP contribution < -0.4 is 10.2 Å². The fraction of sp³-hybridized carbons (Fsp3) is 0.111. The molecule has 1 aromatic heterocycles. The quantitative estimate of drug-likeness (QED) is 0.570. The van der Waals surface area contributed by atoms with Gasteiger partial charge in [-0.25, -0.2) is 5.43 Å². The maximum atomic E-state index is 12.2. The van der Waals surface area contributed by atoms with Gasteiger partial charge < -0.3 is 14.3 Å². The number of hydrazone groups is 1. The third-order valence-electron chi connectivity index (χ3n) is 3.65. The summed E-state index contributed by atoms with van der Waals surface area (Å²) in [7, 11) is 1.53. The van der Waals surface area contributed by atoms with Gasteiger partial charge in [0.05, 0.1) is 13.3 Å². The Labute approximate surface area is 138 Å². The second-order valence-electron chi connectivity index (χ2n) is 5.18. The Morgan fingerprint density at radius 1 is 1.29 bits per heavy atom. The predicted octanol–water partition coefficient (Wildman–Crippen LogP) is 3.22. The molecule has 0 bridgehead atoms. The van der Waals surface area contributed by atoms with Gasteiger partial charge in [-0.1, -0.05) is 18.2 Å². The molecule has 6 nitrogen and oxygen atoms in total. The van der Waals surface area contributed by atoms with E-state index in [4.69, 9.17) is 9.15 Å². The van der Waals surface area contributed by atoms with Gasteiger partial charge >= 0.3 is 5.91 Å². The molecule has 0 fully saturated rings. The fourth-order valence-electron chi connectivity index (χ4n) is 2.37. The van der Waals surface area contributed by atoms with Gasteiger partial charge in [0.15, 0.2) is 5.76 Å². The monoisotopic (exact) mass is 324 g/mol. The number of furan rings is 1. The Hall–Kier alpha value is -3.28. The van der Waals surface area contributed by atoms with Crippen LogP contribution >= 0.6 is 0 Å². The molecule has 122 valence electrons. The largest absolute Gasteiger partial charge is 0.507 e. The molecule has 0 unspecified atom stereocenters. The van der Waals surface area contributed by atoms with Crippen molar-refractivity contribution in [3.8, 4) is 11.5 Å². The van der Waals surface area contributed by atoms with Crippen LogP contribution in [-0.4, -0.2) is 24.3 Å². The van der Waals surface area contributed by atoms with Gasteiger partial charge in [0.2, 0.25) is 0 Å². The van der Waals surface area contributed by atoms with Crippen LogP contribution in [0, 0.1) is 6.92 Å². The van der Waals surface area contributed by atoms with Crippen molar-refractivity contribution < 1.29 is 19.1 Å². The van der Waals surface area contributed by atoms with E-state index in [0.29, 0.717) is 16.9 Å². The first kappa shape index (κ1) is 15.6. The molecule has 3 rings (SSSR count). The molecule has 2 N–H and O–H groups in total. The van der Waals surface area contributed by atoms with Crippen LogP contribution in [0.2, 0.25) is 0 Å². The zero-order chi connectivity index (χ0) is 17.1. The van der Waals surface area contributed by atoms with Crippen molar-refractivity contribution in [1.29, 1.82) is 0 Å². The van der Waals surface area contributed by atoms with Crippen molar-refractivity contribution in [1.82, 2.24) is 5.43 Å². The predicted molar refractivity (Wildman–Crippen MR) is 90.7 cm³/mol. The lowest BCUT2D eigenvalue weighted by atomic mass is 10.1. The number of carbonyl (C=O) groups excluding carboxylic acids is 1. The summed E-state index contributed by atoms with van der Waals surface area (Å²) in [6.45, 7) is 1.82.